The molecule has 2 saturated carbocycles. The average Bonchev–Trinajstić information content (AvgIpc) is 2.74. The van der Waals surface area contributed by atoms with Crippen LogP contribution >= 0.6 is 0 Å². The van der Waals surface area contributed by atoms with Gasteiger partial charge >= 0.3 is 0 Å². The molecule has 0 aliphatic heterocycles. The summed E-state index contributed by atoms with van der Waals surface area (Å²) in [5, 5.41) is 1.08. The maximum atomic E-state index is 15.3. The summed E-state index contributed by atoms with van der Waals surface area (Å²) in [4.78, 5) is 0. The van der Waals surface area contributed by atoms with Gasteiger partial charge in [0.25, 0.3) is 0 Å². The van der Waals surface area contributed by atoms with E-state index in [1.807, 2.05) is 12.1 Å². The first-order chi connectivity index (χ1) is 14.1. The number of ether oxygens (including phenoxy) is 1. The first kappa shape index (κ1) is 20.6. The van der Waals surface area contributed by atoms with E-state index in [0.717, 1.165) is 36.2 Å². The lowest BCUT2D eigenvalue weighted by Crippen LogP contribution is -2.30. The topological polar surface area (TPSA) is 9.23 Å². The van der Waals surface area contributed by atoms with Crippen LogP contribution in [0.1, 0.15) is 82.6 Å². The third kappa shape index (κ3) is 4.29. The van der Waals surface area contributed by atoms with Crippen LogP contribution in [0.5, 0.6) is 5.75 Å². The highest BCUT2D eigenvalue weighted by Gasteiger charge is 2.36. The van der Waals surface area contributed by atoms with E-state index in [9.17, 15) is 4.39 Å². The summed E-state index contributed by atoms with van der Waals surface area (Å²) in [6.45, 7) is 2.27. The molecule has 158 valence electrons. The predicted molar refractivity (Wildman–Crippen MR) is 115 cm³/mol. The van der Waals surface area contributed by atoms with Gasteiger partial charge in [-0.15, -0.1) is 0 Å². The van der Waals surface area contributed by atoms with Crippen molar-refractivity contribution in [3.63, 3.8) is 0 Å². The van der Waals surface area contributed by atoms with Gasteiger partial charge in [-0.2, -0.15) is 0 Å². The van der Waals surface area contributed by atoms with Crippen LogP contribution in [0.15, 0.2) is 24.3 Å². The van der Waals surface area contributed by atoms with Gasteiger partial charge in [0, 0.05) is 5.39 Å². The molecule has 2 aromatic rings. The van der Waals surface area contributed by atoms with Crippen LogP contribution in [0.4, 0.5) is 8.78 Å². The van der Waals surface area contributed by atoms with Gasteiger partial charge in [0.1, 0.15) is 5.82 Å². The molecule has 29 heavy (non-hydrogen) atoms. The zero-order chi connectivity index (χ0) is 20.4. The minimum atomic E-state index is -0.499. The van der Waals surface area contributed by atoms with Crippen molar-refractivity contribution in [3.8, 4) is 5.75 Å². The molecule has 0 bridgehead atoms. The van der Waals surface area contributed by atoms with E-state index in [4.69, 9.17) is 4.74 Å². The maximum Gasteiger partial charge on any atom is 0.165 e. The molecule has 4 rings (SSSR count). The minimum Gasteiger partial charge on any atom is -0.494 e. The van der Waals surface area contributed by atoms with Gasteiger partial charge in [-0.25, -0.2) is 8.78 Å². The molecule has 0 saturated heterocycles. The van der Waals surface area contributed by atoms with E-state index in [-0.39, 0.29) is 17.5 Å². The molecule has 2 aliphatic rings. The highest BCUT2D eigenvalue weighted by atomic mass is 19.1. The van der Waals surface area contributed by atoms with E-state index < -0.39 is 5.82 Å². The molecule has 2 aromatic carbocycles. The fourth-order valence-electron chi connectivity index (χ4n) is 5.99. The van der Waals surface area contributed by atoms with Crippen LogP contribution in [0.25, 0.3) is 10.8 Å². The monoisotopic (exact) mass is 400 g/mol. The van der Waals surface area contributed by atoms with Gasteiger partial charge in [-0.1, -0.05) is 51.2 Å². The largest absolute Gasteiger partial charge is 0.494 e. The van der Waals surface area contributed by atoms with Crippen LogP contribution in [-0.4, -0.2) is 7.11 Å². The van der Waals surface area contributed by atoms with Crippen molar-refractivity contribution in [1.29, 1.82) is 0 Å². The van der Waals surface area contributed by atoms with Crippen molar-refractivity contribution < 1.29 is 13.5 Å². The highest BCUT2D eigenvalue weighted by molar-refractivity contribution is 5.85. The van der Waals surface area contributed by atoms with Crippen LogP contribution in [0, 0.1) is 29.4 Å². The number of methoxy groups -OCH3 is 1. The normalized spacial score (nSPS) is 27.0. The second kappa shape index (κ2) is 9.02. The predicted octanol–water partition coefficient (Wildman–Crippen LogP) is 8.01. The quantitative estimate of drug-likeness (QED) is 0.446. The second-order valence-corrected chi connectivity index (χ2v) is 9.38. The molecule has 0 N–H and O–H groups in total. The van der Waals surface area contributed by atoms with Crippen LogP contribution in [-0.2, 0) is 0 Å². The Morgan fingerprint density at radius 2 is 1.76 bits per heavy atom. The molecule has 2 fully saturated rings. The average molecular weight is 401 g/mol. The molecule has 0 spiro atoms. The minimum absolute atomic E-state index is 0.167. The summed E-state index contributed by atoms with van der Waals surface area (Å²) in [5.41, 5.74) is 0.783. The number of unbranched alkanes of at least 4 members (excludes halogenated alkanes) is 2. The molecule has 0 radical (unpaired) electrons. The molecule has 3 heteroatoms. The Hall–Kier alpha value is -1.64. The van der Waals surface area contributed by atoms with Crippen molar-refractivity contribution in [1.82, 2.24) is 0 Å². The molecule has 4 atom stereocenters. The molecular formula is C26H34F2O. The third-order valence-corrected chi connectivity index (χ3v) is 7.63. The summed E-state index contributed by atoms with van der Waals surface area (Å²) in [7, 11) is 1.44. The number of rotatable bonds is 6. The Morgan fingerprint density at radius 3 is 2.55 bits per heavy atom. The molecule has 2 aliphatic carbocycles. The Balaban J connectivity index is 1.47. The zero-order valence-electron chi connectivity index (χ0n) is 17.9. The Bertz CT molecular complexity index is 846. The number of hydrogen-bond donors (Lipinski definition) is 0. The summed E-state index contributed by atoms with van der Waals surface area (Å²) in [5.74, 6) is 2.18. The van der Waals surface area contributed by atoms with Gasteiger partial charge in [0.2, 0.25) is 0 Å². The lowest BCUT2D eigenvalue weighted by Gasteiger charge is -2.42. The fraction of sp³-hybridized carbons (Fsp3) is 0.615. The summed E-state index contributed by atoms with van der Waals surface area (Å²) < 4.78 is 34.5. The zero-order valence-corrected chi connectivity index (χ0v) is 17.9. The first-order valence-corrected chi connectivity index (χ1v) is 11.6. The summed E-state index contributed by atoms with van der Waals surface area (Å²) in [6.07, 6.45) is 12.8. The molecule has 4 unspecified atom stereocenters. The van der Waals surface area contributed by atoms with E-state index in [1.165, 1.54) is 64.5 Å². The van der Waals surface area contributed by atoms with E-state index in [0.29, 0.717) is 10.8 Å². The number of benzene rings is 2. The summed E-state index contributed by atoms with van der Waals surface area (Å²) in [6, 6.07) is 6.73. The Morgan fingerprint density at radius 1 is 0.966 bits per heavy atom. The van der Waals surface area contributed by atoms with E-state index >= 15 is 4.39 Å². The number of halogens is 2. The number of fused-ring (bicyclic) bond motifs is 2. The van der Waals surface area contributed by atoms with E-state index in [2.05, 4.69) is 6.92 Å². The van der Waals surface area contributed by atoms with Crippen molar-refractivity contribution in [2.45, 2.75) is 77.0 Å². The van der Waals surface area contributed by atoms with Crippen LogP contribution < -0.4 is 4.74 Å². The third-order valence-electron chi connectivity index (χ3n) is 7.63. The van der Waals surface area contributed by atoms with Crippen molar-refractivity contribution in [2.75, 3.05) is 7.11 Å². The molecule has 1 nitrogen and oxygen atoms in total. The SMILES string of the molecule is CCCCCC1CCC2CC(c3ccc4cc(OC)c(F)cc4c3F)CCC2C1. The lowest BCUT2D eigenvalue weighted by atomic mass is 9.63. The smallest absolute Gasteiger partial charge is 0.165 e. The Labute approximate surface area is 173 Å². The first-order valence-electron chi connectivity index (χ1n) is 11.6. The van der Waals surface area contributed by atoms with Crippen molar-refractivity contribution >= 4 is 10.8 Å². The van der Waals surface area contributed by atoms with Crippen molar-refractivity contribution in [3.05, 3.63) is 41.5 Å². The Kier molecular flexibility index (Phi) is 6.41. The molecular weight excluding hydrogens is 366 g/mol. The molecule has 0 heterocycles. The summed E-state index contributed by atoms with van der Waals surface area (Å²) >= 11 is 0. The van der Waals surface area contributed by atoms with Crippen LogP contribution in [0.2, 0.25) is 0 Å². The lowest BCUT2D eigenvalue weighted by molar-refractivity contribution is 0.112. The van der Waals surface area contributed by atoms with E-state index in [1.54, 1.807) is 6.07 Å². The number of hydrogen-bond acceptors (Lipinski definition) is 1. The van der Waals surface area contributed by atoms with Gasteiger partial charge in [0.15, 0.2) is 11.6 Å². The highest BCUT2D eigenvalue weighted by Crippen LogP contribution is 2.49. The van der Waals surface area contributed by atoms with Gasteiger partial charge in [-0.05, 0) is 78.9 Å². The maximum absolute atomic E-state index is 15.3. The van der Waals surface area contributed by atoms with Crippen LogP contribution in [0.3, 0.4) is 0 Å². The standard InChI is InChI=1S/C26H34F2O/c1-3-4-5-6-17-7-8-19-14-20(10-9-18(19)13-17)22-12-11-21-15-25(29-2)24(27)16-23(21)26(22)28/h11-12,15-20H,3-10,13-14H2,1-2H3. The van der Waals surface area contributed by atoms with Gasteiger partial charge < -0.3 is 4.74 Å². The van der Waals surface area contributed by atoms with Gasteiger partial charge in [0.05, 0.1) is 7.11 Å². The second-order valence-electron chi connectivity index (χ2n) is 9.38. The van der Waals surface area contributed by atoms with Gasteiger partial charge in [-0.3, -0.25) is 0 Å². The molecule has 0 aromatic heterocycles. The fourth-order valence-corrected chi connectivity index (χ4v) is 5.99. The molecule has 0 amide bonds. The van der Waals surface area contributed by atoms with Crippen molar-refractivity contribution in [2.24, 2.45) is 17.8 Å².